The zero-order chi connectivity index (χ0) is 11.0. The van der Waals surface area contributed by atoms with Crippen LogP contribution in [0.2, 0.25) is 0 Å². The summed E-state index contributed by atoms with van der Waals surface area (Å²) < 4.78 is 0. The largest absolute Gasteiger partial charge is 0.309 e. The Morgan fingerprint density at radius 2 is 2.06 bits per heavy atom. The summed E-state index contributed by atoms with van der Waals surface area (Å²) in [5, 5.41) is 0. The molecule has 1 fully saturated rings. The molecule has 0 aliphatic heterocycles. The standard InChI is InChI=1S/C14H16N2/c15-14(12-7-6-11-8-13(11)12)16-9-10-4-2-1-3-5-10/h1-7,9,11-14H,8,15H2/t11-,12?,13?,14?/m0/s1. The van der Waals surface area contributed by atoms with E-state index < -0.39 is 0 Å². The van der Waals surface area contributed by atoms with Gasteiger partial charge in [0.25, 0.3) is 0 Å². The van der Waals surface area contributed by atoms with E-state index in [2.05, 4.69) is 17.1 Å². The molecule has 1 saturated carbocycles. The Kier molecular flexibility index (Phi) is 2.37. The molecule has 0 radical (unpaired) electrons. The molecular formula is C14H16N2. The first-order valence-electron chi connectivity index (χ1n) is 5.87. The number of nitrogens with zero attached hydrogens (tertiary/aromatic N) is 1. The summed E-state index contributed by atoms with van der Waals surface area (Å²) in [5.41, 5.74) is 7.21. The maximum atomic E-state index is 6.09. The normalized spacial score (nSPS) is 32.9. The van der Waals surface area contributed by atoms with Gasteiger partial charge in [0.15, 0.2) is 0 Å². The molecule has 0 bridgehead atoms. The fourth-order valence-corrected chi connectivity index (χ4v) is 2.49. The maximum absolute atomic E-state index is 6.09. The van der Waals surface area contributed by atoms with Gasteiger partial charge in [-0.15, -0.1) is 0 Å². The van der Waals surface area contributed by atoms with Gasteiger partial charge in [-0.2, -0.15) is 0 Å². The Labute approximate surface area is 95.9 Å². The highest BCUT2D eigenvalue weighted by molar-refractivity contribution is 5.79. The van der Waals surface area contributed by atoms with Gasteiger partial charge in [-0.3, -0.25) is 4.99 Å². The molecule has 0 amide bonds. The van der Waals surface area contributed by atoms with Crippen LogP contribution in [0.3, 0.4) is 0 Å². The molecule has 1 aromatic carbocycles. The highest BCUT2D eigenvalue weighted by Crippen LogP contribution is 2.51. The van der Waals surface area contributed by atoms with Gasteiger partial charge in [-0.25, -0.2) is 0 Å². The second-order valence-electron chi connectivity index (χ2n) is 4.71. The molecule has 3 unspecified atom stereocenters. The summed E-state index contributed by atoms with van der Waals surface area (Å²) in [7, 11) is 0. The van der Waals surface area contributed by atoms with Crippen molar-refractivity contribution in [3.63, 3.8) is 0 Å². The smallest absolute Gasteiger partial charge is 0.104 e. The number of benzene rings is 1. The molecular weight excluding hydrogens is 196 g/mol. The van der Waals surface area contributed by atoms with E-state index in [4.69, 9.17) is 5.73 Å². The predicted molar refractivity (Wildman–Crippen MR) is 66.2 cm³/mol. The number of hydrogen-bond donors (Lipinski definition) is 1. The van der Waals surface area contributed by atoms with E-state index in [0.717, 1.165) is 17.4 Å². The van der Waals surface area contributed by atoms with Crippen molar-refractivity contribution in [3.8, 4) is 0 Å². The zero-order valence-electron chi connectivity index (χ0n) is 9.16. The SMILES string of the molecule is NC(N=Cc1ccccc1)C1C=C[C@H]2CC12. The van der Waals surface area contributed by atoms with Crippen LogP contribution in [0.5, 0.6) is 0 Å². The molecule has 2 nitrogen and oxygen atoms in total. The van der Waals surface area contributed by atoms with Gasteiger partial charge in [0.2, 0.25) is 0 Å². The summed E-state index contributed by atoms with van der Waals surface area (Å²) in [6.07, 6.45) is 7.66. The van der Waals surface area contributed by atoms with Gasteiger partial charge in [0.1, 0.15) is 6.17 Å². The van der Waals surface area contributed by atoms with Gasteiger partial charge in [-0.05, 0) is 23.8 Å². The molecule has 0 spiro atoms. The number of hydrogen-bond acceptors (Lipinski definition) is 2. The van der Waals surface area contributed by atoms with Crippen LogP contribution in [0.25, 0.3) is 0 Å². The lowest BCUT2D eigenvalue weighted by Crippen LogP contribution is -2.27. The Balaban J connectivity index is 1.66. The molecule has 3 rings (SSSR count). The van der Waals surface area contributed by atoms with Gasteiger partial charge in [-0.1, -0.05) is 42.5 Å². The molecule has 4 atom stereocenters. The molecule has 1 aromatic rings. The number of nitrogens with two attached hydrogens (primary N) is 1. The van der Waals surface area contributed by atoms with E-state index in [1.54, 1.807) is 0 Å². The second kappa shape index (κ2) is 3.87. The summed E-state index contributed by atoms with van der Waals surface area (Å²) in [6, 6.07) is 10.1. The van der Waals surface area contributed by atoms with Crippen LogP contribution in [0.1, 0.15) is 12.0 Å². The number of aliphatic imine (C=N–C) groups is 1. The Morgan fingerprint density at radius 1 is 1.25 bits per heavy atom. The first-order valence-corrected chi connectivity index (χ1v) is 5.87. The summed E-state index contributed by atoms with van der Waals surface area (Å²) >= 11 is 0. The minimum absolute atomic E-state index is 0.0750. The van der Waals surface area contributed by atoms with Gasteiger partial charge >= 0.3 is 0 Å². The van der Waals surface area contributed by atoms with Crippen molar-refractivity contribution in [1.82, 2.24) is 0 Å². The molecule has 16 heavy (non-hydrogen) atoms. The quantitative estimate of drug-likeness (QED) is 0.605. The van der Waals surface area contributed by atoms with E-state index in [-0.39, 0.29) is 6.17 Å². The zero-order valence-corrected chi connectivity index (χ0v) is 9.16. The van der Waals surface area contributed by atoms with Crippen LogP contribution in [-0.4, -0.2) is 12.4 Å². The Hall–Kier alpha value is -1.41. The average Bonchev–Trinajstić information content (AvgIpc) is 2.99. The molecule has 82 valence electrons. The van der Waals surface area contributed by atoms with Gasteiger partial charge in [0, 0.05) is 12.1 Å². The molecule has 2 heteroatoms. The van der Waals surface area contributed by atoms with Crippen molar-refractivity contribution in [2.45, 2.75) is 12.6 Å². The van der Waals surface area contributed by atoms with Gasteiger partial charge < -0.3 is 5.73 Å². The summed E-state index contributed by atoms with van der Waals surface area (Å²) in [4.78, 5) is 4.46. The van der Waals surface area contributed by atoms with E-state index in [1.165, 1.54) is 6.42 Å². The van der Waals surface area contributed by atoms with Crippen molar-refractivity contribution < 1.29 is 0 Å². The first-order chi connectivity index (χ1) is 7.84. The maximum Gasteiger partial charge on any atom is 0.104 e. The van der Waals surface area contributed by atoms with Crippen LogP contribution in [-0.2, 0) is 0 Å². The van der Waals surface area contributed by atoms with Crippen molar-refractivity contribution in [2.24, 2.45) is 28.5 Å². The lowest BCUT2D eigenvalue weighted by atomic mass is 10.0. The second-order valence-corrected chi connectivity index (χ2v) is 4.71. The minimum Gasteiger partial charge on any atom is -0.309 e. The van der Waals surface area contributed by atoms with E-state index in [9.17, 15) is 0 Å². The fraction of sp³-hybridized carbons (Fsp3) is 0.357. The van der Waals surface area contributed by atoms with Crippen molar-refractivity contribution in [1.29, 1.82) is 0 Å². The first kappa shape index (κ1) is 9.79. The molecule has 0 aromatic heterocycles. The lowest BCUT2D eigenvalue weighted by Gasteiger charge is -2.14. The van der Waals surface area contributed by atoms with Crippen molar-refractivity contribution >= 4 is 6.21 Å². The third-order valence-electron chi connectivity index (χ3n) is 3.56. The lowest BCUT2D eigenvalue weighted by molar-refractivity contribution is 0.471. The fourth-order valence-electron chi connectivity index (χ4n) is 2.49. The topological polar surface area (TPSA) is 38.4 Å². The molecule has 0 heterocycles. The number of rotatable bonds is 3. The highest BCUT2D eigenvalue weighted by Gasteiger charge is 2.46. The third-order valence-corrected chi connectivity index (χ3v) is 3.56. The van der Waals surface area contributed by atoms with E-state index in [0.29, 0.717) is 5.92 Å². The summed E-state index contributed by atoms with van der Waals surface area (Å²) in [5.74, 6) is 2.05. The highest BCUT2D eigenvalue weighted by atomic mass is 14.9. The number of allylic oxidation sites excluding steroid dienone is 1. The minimum atomic E-state index is -0.0750. The Morgan fingerprint density at radius 3 is 2.69 bits per heavy atom. The molecule has 2 N–H and O–H groups in total. The molecule has 2 aliphatic carbocycles. The number of fused-ring (bicyclic) bond motifs is 1. The van der Waals surface area contributed by atoms with Crippen LogP contribution < -0.4 is 5.73 Å². The average molecular weight is 212 g/mol. The monoisotopic (exact) mass is 212 g/mol. The van der Waals surface area contributed by atoms with Crippen molar-refractivity contribution in [3.05, 3.63) is 48.0 Å². The van der Waals surface area contributed by atoms with Crippen LogP contribution in [0.4, 0.5) is 0 Å². The predicted octanol–water partition coefficient (Wildman–Crippen LogP) is 2.21. The molecule has 2 aliphatic rings. The van der Waals surface area contributed by atoms with Crippen LogP contribution >= 0.6 is 0 Å². The third kappa shape index (κ3) is 1.81. The van der Waals surface area contributed by atoms with Crippen LogP contribution in [0.15, 0.2) is 47.5 Å². The molecule has 0 saturated heterocycles. The Bertz CT molecular complexity index is 422. The summed E-state index contributed by atoms with van der Waals surface area (Å²) in [6.45, 7) is 0. The van der Waals surface area contributed by atoms with Crippen LogP contribution in [0, 0.1) is 17.8 Å². The van der Waals surface area contributed by atoms with Gasteiger partial charge in [0.05, 0.1) is 0 Å². The van der Waals surface area contributed by atoms with E-state index in [1.807, 2.05) is 36.5 Å². The van der Waals surface area contributed by atoms with E-state index >= 15 is 0 Å². The van der Waals surface area contributed by atoms with Crippen molar-refractivity contribution in [2.75, 3.05) is 0 Å².